The van der Waals surface area contributed by atoms with Crippen LogP contribution in [0.15, 0.2) is 83.3 Å². The average Bonchev–Trinajstić information content (AvgIpc) is 3.24. The third-order valence-corrected chi connectivity index (χ3v) is 6.48. The van der Waals surface area contributed by atoms with Crippen molar-refractivity contribution in [2.45, 2.75) is 6.04 Å². The van der Waals surface area contributed by atoms with E-state index in [0.29, 0.717) is 5.56 Å². The van der Waals surface area contributed by atoms with Gasteiger partial charge in [-0.3, -0.25) is 9.69 Å². The number of piperazine rings is 1. The smallest absolute Gasteiger partial charge is 0.255 e. The number of carbonyl (C=O) groups is 1. The van der Waals surface area contributed by atoms with E-state index in [2.05, 4.69) is 34.3 Å². The summed E-state index contributed by atoms with van der Waals surface area (Å²) in [6.45, 7) is 3.74. The fraction of sp³-hybridized carbons (Fsp3) is 0.250. The number of fused-ring (bicyclic) bond motifs is 1. The van der Waals surface area contributed by atoms with E-state index in [-0.39, 0.29) is 11.9 Å². The molecule has 1 aromatic heterocycles. The first-order valence-electron chi connectivity index (χ1n) is 11.6. The SMILES string of the molecule is COc1ccc([C@@H](c2oc3ccccc3c2NC(=O)c2ccccc2)N2CCN(C)CC2)cc1. The van der Waals surface area contributed by atoms with Crippen LogP contribution >= 0.6 is 0 Å². The largest absolute Gasteiger partial charge is 0.497 e. The Bertz CT molecular complexity index is 1260. The highest BCUT2D eigenvalue weighted by atomic mass is 16.5. The molecule has 1 aliphatic rings. The van der Waals surface area contributed by atoms with E-state index in [9.17, 15) is 4.79 Å². The van der Waals surface area contributed by atoms with Crippen molar-refractivity contribution in [3.05, 3.63) is 95.7 Å². The molecule has 1 saturated heterocycles. The lowest BCUT2D eigenvalue weighted by molar-refractivity contribution is 0.102. The molecule has 0 unspecified atom stereocenters. The monoisotopic (exact) mass is 455 g/mol. The molecule has 2 heterocycles. The maximum Gasteiger partial charge on any atom is 0.255 e. The molecule has 1 amide bonds. The van der Waals surface area contributed by atoms with E-state index < -0.39 is 0 Å². The van der Waals surface area contributed by atoms with Gasteiger partial charge in [0.25, 0.3) is 5.91 Å². The summed E-state index contributed by atoms with van der Waals surface area (Å²) in [5.41, 5.74) is 3.19. The molecule has 1 fully saturated rings. The second-order valence-electron chi connectivity index (χ2n) is 8.67. The lowest BCUT2D eigenvalue weighted by Crippen LogP contribution is -2.46. The number of anilines is 1. The summed E-state index contributed by atoms with van der Waals surface area (Å²) in [5, 5.41) is 4.07. The summed E-state index contributed by atoms with van der Waals surface area (Å²) >= 11 is 0. The number of carbonyl (C=O) groups excluding carboxylic acids is 1. The maximum absolute atomic E-state index is 13.2. The molecule has 6 nitrogen and oxygen atoms in total. The van der Waals surface area contributed by atoms with Crippen LogP contribution in [0.4, 0.5) is 5.69 Å². The molecule has 0 spiro atoms. The average molecular weight is 456 g/mol. The van der Waals surface area contributed by atoms with Crippen molar-refractivity contribution in [1.29, 1.82) is 0 Å². The number of rotatable bonds is 6. The Morgan fingerprint density at radius 3 is 2.29 bits per heavy atom. The van der Waals surface area contributed by atoms with E-state index in [1.165, 1.54) is 0 Å². The second-order valence-corrected chi connectivity index (χ2v) is 8.67. The van der Waals surface area contributed by atoms with Crippen LogP contribution in [0, 0.1) is 0 Å². The first-order chi connectivity index (χ1) is 16.6. The Kier molecular flexibility index (Phi) is 6.34. The van der Waals surface area contributed by atoms with Crippen LogP contribution in [0.2, 0.25) is 0 Å². The predicted molar refractivity (Wildman–Crippen MR) is 135 cm³/mol. The number of para-hydroxylation sites is 1. The summed E-state index contributed by atoms with van der Waals surface area (Å²) in [5.74, 6) is 1.41. The van der Waals surface area contributed by atoms with Crippen molar-refractivity contribution in [2.75, 3.05) is 45.7 Å². The van der Waals surface area contributed by atoms with Gasteiger partial charge in [-0.05, 0) is 49.0 Å². The predicted octanol–water partition coefficient (Wildman–Crippen LogP) is 5.03. The Balaban J connectivity index is 1.61. The molecule has 1 N–H and O–H groups in total. The Labute approximate surface area is 199 Å². The van der Waals surface area contributed by atoms with Crippen LogP contribution in [0.5, 0.6) is 5.75 Å². The number of amides is 1. The van der Waals surface area contributed by atoms with Gasteiger partial charge in [-0.1, -0.05) is 42.5 Å². The first kappa shape index (κ1) is 22.2. The number of hydrogen-bond donors (Lipinski definition) is 1. The maximum atomic E-state index is 13.2. The minimum absolute atomic E-state index is 0.141. The Morgan fingerprint density at radius 1 is 0.912 bits per heavy atom. The van der Waals surface area contributed by atoms with Crippen molar-refractivity contribution in [1.82, 2.24) is 9.80 Å². The highest BCUT2D eigenvalue weighted by Crippen LogP contribution is 2.41. The Hall–Kier alpha value is -3.61. The molecule has 0 radical (unpaired) electrons. The topological polar surface area (TPSA) is 58.0 Å². The van der Waals surface area contributed by atoms with Crippen LogP contribution < -0.4 is 10.1 Å². The van der Waals surface area contributed by atoms with Crippen LogP contribution in [-0.4, -0.2) is 56.0 Å². The van der Waals surface area contributed by atoms with Gasteiger partial charge in [0, 0.05) is 37.1 Å². The molecule has 34 heavy (non-hydrogen) atoms. The van der Waals surface area contributed by atoms with E-state index in [1.807, 2.05) is 66.7 Å². The second kappa shape index (κ2) is 9.71. The van der Waals surface area contributed by atoms with Gasteiger partial charge in [0.05, 0.1) is 18.8 Å². The number of methoxy groups -OCH3 is 1. The standard InChI is InChI=1S/C28H29N3O3/c1-30-16-18-31(19-17-30)26(20-12-14-22(33-2)15-13-20)27-25(23-10-6-7-11-24(23)34-27)29-28(32)21-8-4-3-5-9-21/h3-15,26H,16-19H2,1-2H3,(H,29,32)/t26-/m0/s1. The minimum Gasteiger partial charge on any atom is -0.497 e. The quantitative estimate of drug-likeness (QED) is 0.442. The Morgan fingerprint density at radius 2 is 1.59 bits per heavy atom. The molecule has 5 rings (SSSR count). The van der Waals surface area contributed by atoms with Gasteiger partial charge in [0.1, 0.15) is 17.1 Å². The molecule has 0 bridgehead atoms. The van der Waals surface area contributed by atoms with Gasteiger partial charge in [0.2, 0.25) is 0 Å². The van der Waals surface area contributed by atoms with Crippen molar-refractivity contribution in [3.63, 3.8) is 0 Å². The summed E-state index contributed by atoms with van der Waals surface area (Å²) in [6.07, 6.45) is 0. The lowest BCUT2D eigenvalue weighted by atomic mass is 9.99. The molecule has 3 aromatic carbocycles. The molecule has 0 saturated carbocycles. The summed E-state index contributed by atoms with van der Waals surface area (Å²) in [4.78, 5) is 17.9. The fourth-order valence-corrected chi connectivity index (χ4v) is 4.56. The van der Waals surface area contributed by atoms with Gasteiger partial charge in [-0.2, -0.15) is 0 Å². The van der Waals surface area contributed by atoms with Crippen molar-refractivity contribution in [3.8, 4) is 5.75 Å². The van der Waals surface area contributed by atoms with Crippen molar-refractivity contribution < 1.29 is 13.9 Å². The molecule has 0 aliphatic carbocycles. The zero-order chi connectivity index (χ0) is 23.5. The third kappa shape index (κ3) is 4.42. The van der Waals surface area contributed by atoms with Crippen LogP contribution in [0.1, 0.15) is 27.7 Å². The number of ether oxygens (including phenoxy) is 1. The van der Waals surface area contributed by atoms with Crippen LogP contribution in [-0.2, 0) is 0 Å². The zero-order valence-corrected chi connectivity index (χ0v) is 19.5. The van der Waals surface area contributed by atoms with Gasteiger partial charge < -0.3 is 19.4 Å². The van der Waals surface area contributed by atoms with E-state index in [0.717, 1.165) is 59.9 Å². The molecule has 4 aromatic rings. The van der Waals surface area contributed by atoms with E-state index in [4.69, 9.17) is 9.15 Å². The van der Waals surface area contributed by atoms with Gasteiger partial charge >= 0.3 is 0 Å². The van der Waals surface area contributed by atoms with Crippen molar-refractivity contribution in [2.24, 2.45) is 0 Å². The van der Waals surface area contributed by atoms with E-state index in [1.54, 1.807) is 7.11 Å². The number of likely N-dealkylation sites (N-methyl/N-ethyl adjacent to an activating group) is 1. The number of nitrogens with one attached hydrogen (secondary N) is 1. The number of benzene rings is 3. The third-order valence-electron chi connectivity index (χ3n) is 6.48. The van der Waals surface area contributed by atoms with Crippen LogP contribution in [0.3, 0.4) is 0 Å². The molecule has 6 heteroatoms. The number of furan rings is 1. The molecule has 1 atom stereocenters. The lowest BCUT2D eigenvalue weighted by Gasteiger charge is -2.37. The first-order valence-corrected chi connectivity index (χ1v) is 11.6. The fourth-order valence-electron chi connectivity index (χ4n) is 4.56. The normalized spacial score (nSPS) is 15.8. The minimum atomic E-state index is -0.153. The van der Waals surface area contributed by atoms with E-state index >= 15 is 0 Å². The summed E-state index contributed by atoms with van der Waals surface area (Å²) in [6, 6.07) is 25.1. The van der Waals surface area contributed by atoms with Gasteiger partial charge in [-0.25, -0.2) is 0 Å². The molecule has 1 aliphatic heterocycles. The number of hydrogen-bond acceptors (Lipinski definition) is 5. The summed E-state index contributed by atoms with van der Waals surface area (Å²) < 4.78 is 11.9. The van der Waals surface area contributed by atoms with Gasteiger partial charge in [0.15, 0.2) is 0 Å². The van der Waals surface area contributed by atoms with Crippen molar-refractivity contribution >= 4 is 22.6 Å². The summed E-state index contributed by atoms with van der Waals surface area (Å²) in [7, 11) is 3.82. The highest BCUT2D eigenvalue weighted by molar-refractivity contribution is 6.09. The van der Waals surface area contributed by atoms with Gasteiger partial charge in [-0.15, -0.1) is 0 Å². The molecular weight excluding hydrogens is 426 g/mol. The molecule has 174 valence electrons. The number of nitrogens with zero attached hydrogens (tertiary/aromatic N) is 2. The van der Waals surface area contributed by atoms with Crippen LogP contribution in [0.25, 0.3) is 11.0 Å². The zero-order valence-electron chi connectivity index (χ0n) is 19.5. The molecular formula is C28H29N3O3. The highest BCUT2D eigenvalue weighted by Gasteiger charge is 2.32.